The standard InChI is InChI=1S/C13H16ClN3OS/c1-2-17-12(15-16-13(17)19-9-8-14)10-18-11-6-4-3-5-7-11/h3-7H,2,8-10H2,1H3. The molecule has 1 aromatic carbocycles. The van der Waals surface area contributed by atoms with Crippen LogP contribution in [0, 0.1) is 0 Å². The molecular formula is C13H16ClN3OS. The third kappa shape index (κ3) is 3.88. The zero-order valence-corrected chi connectivity index (χ0v) is 12.3. The van der Waals surface area contributed by atoms with Crippen molar-refractivity contribution < 1.29 is 4.74 Å². The molecular weight excluding hydrogens is 282 g/mol. The number of rotatable bonds is 7. The molecule has 19 heavy (non-hydrogen) atoms. The minimum atomic E-state index is 0.423. The molecule has 4 nitrogen and oxygen atoms in total. The van der Waals surface area contributed by atoms with Crippen LogP contribution < -0.4 is 4.74 Å². The summed E-state index contributed by atoms with van der Waals surface area (Å²) in [6.45, 7) is 3.32. The molecule has 0 atom stereocenters. The molecule has 0 bridgehead atoms. The SMILES string of the molecule is CCn1c(COc2ccccc2)nnc1SCCCl. The molecule has 0 saturated carbocycles. The molecule has 0 aliphatic rings. The van der Waals surface area contributed by atoms with Gasteiger partial charge in [-0.15, -0.1) is 21.8 Å². The Kier molecular flexibility index (Phi) is 5.54. The number of halogens is 1. The summed E-state index contributed by atoms with van der Waals surface area (Å²) in [4.78, 5) is 0. The van der Waals surface area contributed by atoms with Gasteiger partial charge in [-0.05, 0) is 19.1 Å². The van der Waals surface area contributed by atoms with Crippen LogP contribution in [-0.4, -0.2) is 26.4 Å². The van der Waals surface area contributed by atoms with E-state index in [1.807, 2.05) is 30.3 Å². The van der Waals surface area contributed by atoms with Crippen molar-refractivity contribution in [3.63, 3.8) is 0 Å². The first-order valence-electron chi connectivity index (χ1n) is 6.13. The van der Waals surface area contributed by atoms with Gasteiger partial charge in [-0.25, -0.2) is 0 Å². The van der Waals surface area contributed by atoms with Crippen LogP contribution in [0.3, 0.4) is 0 Å². The van der Waals surface area contributed by atoms with E-state index < -0.39 is 0 Å². The summed E-state index contributed by atoms with van der Waals surface area (Å²) in [5.74, 6) is 3.11. The summed E-state index contributed by atoms with van der Waals surface area (Å²) in [5, 5.41) is 9.25. The van der Waals surface area contributed by atoms with E-state index in [9.17, 15) is 0 Å². The monoisotopic (exact) mass is 297 g/mol. The van der Waals surface area contributed by atoms with Crippen molar-refractivity contribution in [2.75, 3.05) is 11.6 Å². The van der Waals surface area contributed by atoms with Crippen LogP contribution in [0.1, 0.15) is 12.7 Å². The van der Waals surface area contributed by atoms with Crippen LogP contribution in [-0.2, 0) is 13.2 Å². The maximum absolute atomic E-state index is 5.69. The maximum atomic E-state index is 5.69. The van der Waals surface area contributed by atoms with Crippen molar-refractivity contribution >= 4 is 23.4 Å². The summed E-state index contributed by atoms with van der Waals surface area (Å²) in [6.07, 6.45) is 0. The van der Waals surface area contributed by atoms with Crippen LogP contribution in [0.2, 0.25) is 0 Å². The molecule has 2 rings (SSSR count). The average Bonchev–Trinajstić information content (AvgIpc) is 2.86. The number of aromatic nitrogens is 3. The van der Waals surface area contributed by atoms with Gasteiger partial charge in [0, 0.05) is 18.2 Å². The van der Waals surface area contributed by atoms with Crippen molar-refractivity contribution in [3.05, 3.63) is 36.2 Å². The average molecular weight is 298 g/mol. The van der Waals surface area contributed by atoms with Gasteiger partial charge >= 0.3 is 0 Å². The second-order valence-electron chi connectivity index (χ2n) is 3.78. The maximum Gasteiger partial charge on any atom is 0.191 e. The lowest BCUT2D eigenvalue weighted by atomic mass is 10.3. The molecule has 0 aliphatic carbocycles. The number of hydrogen-bond donors (Lipinski definition) is 0. The Balaban J connectivity index is 2.02. The van der Waals surface area contributed by atoms with Crippen molar-refractivity contribution in [1.82, 2.24) is 14.8 Å². The third-order valence-corrected chi connectivity index (χ3v) is 3.91. The van der Waals surface area contributed by atoms with E-state index in [4.69, 9.17) is 16.3 Å². The predicted molar refractivity (Wildman–Crippen MR) is 77.9 cm³/mol. The van der Waals surface area contributed by atoms with Gasteiger partial charge in [-0.2, -0.15) is 0 Å². The van der Waals surface area contributed by atoms with E-state index in [2.05, 4.69) is 21.7 Å². The molecule has 1 aromatic heterocycles. The molecule has 0 N–H and O–H groups in total. The van der Waals surface area contributed by atoms with Crippen LogP contribution >= 0.6 is 23.4 Å². The first kappa shape index (κ1) is 14.2. The summed E-state index contributed by atoms with van der Waals surface area (Å²) in [7, 11) is 0. The third-order valence-electron chi connectivity index (χ3n) is 2.53. The molecule has 0 unspecified atom stereocenters. The van der Waals surface area contributed by atoms with Crippen LogP contribution in [0.25, 0.3) is 0 Å². The van der Waals surface area contributed by atoms with Gasteiger partial charge in [0.25, 0.3) is 0 Å². The smallest absolute Gasteiger partial charge is 0.191 e. The Morgan fingerprint density at radius 1 is 1.26 bits per heavy atom. The zero-order chi connectivity index (χ0) is 13.5. The van der Waals surface area contributed by atoms with E-state index in [1.54, 1.807) is 11.8 Å². The minimum absolute atomic E-state index is 0.423. The van der Waals surface area contributed by atoms with Crippen LogP contribution in [0.15, 0.2) is 35.5 Å². The molecule has 0 radical (unpaired) electrons. The number of ether oxygens (including phenoxy) is 1. The Hall–Kier alpha value is -1.20. The van der Waals surface area contributed by atoms with Gasteiger partial charge in [0.1, 0.15) is 12.4 Å². The van der Waals surface area contributed by atoms with E-state index in [1.165, 1.54) is 0 Å². The highest BCUT2D eigenvalue weighted by atomic mass is 35.5. The fraction of sp³-hybridized carbons (Fsp3) is 0.385. The van der Waals surface area contributed by atoms with E-state index >= 15 is 0 Å². The Morgan fingerprint density at radius 3 is 2.74 bits per heavy atom. The molecule has 1 heterocycles. The molecule has 0 fully saturated rings. The lowest BCUT2D eigenvalue weighted by molar-refractivity contribution is 0.288. The Labute approximate surface area is 122 Å². The quantitative estimate of drug-likeness (QED) is 0.581. The summed E-state index contributed by atoms with van der Waals surface area (Å²) in [6, 6.07) is 9.71. The normalized spacial score (nSPS) is 10.6. The fourth-order valence-corrected chi connectivity index (χ4v) is 2.62. The molecule has 0 saturated heterocycles. The largest absolute Gasteiger partial charge is 0.486 e. The van der Waals surface area contributed by atoms with E-state index in [0.717, 1.165) is 29.0 Å². The molecule has 2 aromatic rings. The molecule has 0 aliphatic heterocycles. The second-order valence-corrected chi connectivity index (χ2v) is 5.22. The molecule has 0 amide bonds. The highest BCUT2D eigenvalue weighted by Gasteiger charge is 2.11. The summed E-state index contributed by atoms with van der Waals surface area (Å²) >= 11 is 7.31. The number of benzene rings is 1. The van der Waals surface area contributed by atoms with Gasteiger partial charge in [-0.1, -0.05) is 30.0 Å². The Bertz CT molecular complexity index is 504. The topological polar surface area (TPSA) is 39.9 Å². The van der Waals surface area contributed by atoms with Crippen molar-refractivity contribution in [3.8, 4) is 5.75 Å². The fourth-order valence-electron chi connectivity index (χ4n) is 1.64. The van der Waals surface area contributed by atoms with Crippen molar-refractivity contribution in [1.29, 1.82) is 0 Å². The minimum Gasteiger partial charge on any atom is -0.486 e. The number of alkyl halides is 1. The predicted octanol–water partition coefficient (Wildman–Crippen LogP) is 3.21. The van der Waals surface area contributed by atoms with Gasteiger partial charge < -0.3 is 9.30 Å². The first-order valence-corrected chi connectivity index (χ1v) is 7.65. The Morgan fingerprint density at radius 2 is 2.05 bits per heavy atom. The van der Waals surface area contributed by atoms with Crippen LogP contribution in [0.4, 0.5) is 0 Å². The van der Waals surface area contributed by atoms with Gasteiger partial charge in [-0.3, -0.25) is 0 Å². The number of para-hydroxylation sites is 1. The van der Waals surface area contributed by atoms with Gasteiger partial charge in [0.2, 0.25) is 0 Å². The van der Waals surface area contributed by atoms with Crippen molar-refractivity contribution in [2.45, 2.75) is 25.2 Å². The molecule has 6 heteroatoms. The molecule has 0 spiro atoms. The lowest BCUT2D eigenvalue weighted by Gasteiger charge is -2.08. The van der Waals surface area contributed by atoms with Crippen molar-refractivity contribution in [2.24, 2.45) is 0 Å². The van der Waals surface area contributed by atoms with Crippen LogP contribution in [0.5, 0.6) is 5.75 Å². The lowest BCUT2D eigenvalue weighted by Crippen LogP contribution is -2.07. The summed E-state index contributed by atoms with van der Waals surface area (Å²) < 4.78 is 7.75. The summed E-state index contributed by atoms with van der Waals surface area (Å²) in [5.41, 5.74) is 0. The van der Waals surface area contributed by atoms with Gasteiger partial charge in [0.05, 0.1) is 0 Å². The zero-order valence-electron chi connectivity index (χ0n) is 10.8. The highest BCUT2D eigenvalue weighted by molar-refractivity contribution is 7.99. The number of nitrogens with zero attached hydrogens (tertiary/aromatic N) is 3. The first-order chi connectivity index (χ1) is 9.35. The van der Waals surface area contributed by atoms with E-state index in [-0.39, 0.29) is 0 Å². The van der Waals surface area contributed by atoms with E-state index in [0.29, 0.717) is 12.5 Å². The highest BCUT2D eigenvalue weighted by Crippen LogP contribution is 2.18. The number of hydrogen-bond acceptors (Lipinski definition) is 4. The second kappa shape index (κ2) is 7.40. The molecule has 102 valence electrons. The van der Waals surface area contributed by atoms with Gasteiger partial charge in [0.15, 0.2) is 11.0 Å². The number of thioether (sulfide) groups is 1.